The number of nitrogens with zero attached hydrogens (tertiary/aromatic N) is 3. The quantitative estimate of drug-likeness (QED) is 0.805. The maximum absolute atomic E-state index is 9.58. The van der Waals surface area contributed by atoms with Crippen LogP contribution in [-0.4, -0.2) is 61.2 Å². The van der Waals surface area contributed by atoms with Gasteiger partial charge in [-0.25, -0.2) is 0 Å². The van der Waals surface area contributed by atoms with E-state index in [0.29, 0.717) is 12.1 Å². The third-order valence-corrected chi connectivity index (χ3v) is 4.88. The van der Waals surface area contributed by atoms with Crippen molar-refractivity contribution < 1.29 is 0 Å². The van der Waals surface area contributed by atoms with E-state index in [1.54, 1.807) is 0 Å². The number of likely N-dealkylation sites (tertiary alicyclic amines) is 1. The molecule has 0 radical (unpaired) electrons. The van der Waals surface area contributed by atoms with Gasteiger partial charge in [0.2, 0.25) is 0 Å². The molecule has 0 aromatic carbocycles. The molecule has 0 aromatic rings. The largest absolute Gasteiger partial charge is 0.308 e. The van der Waals surface area contributed by atoms with Crippen LogP contribution in [0.5, 0.6) is 0 Å². The van der Waals surface area contributed by atoms with E-state index in [-0.39, 0.29) is 5.54 Å². The van der Waals surface area contributed by atoms with Crippen molar-refractivity contribution in [2.24, 2.45) is 0 Å². The van der Waals surface area contributed by atoms with Crippen LogP contribution in [0.3, 0.4) is 0 Å². The first-order valence-corrected chi connectivity index (χ1v) is 8.17. The minimum atomic E-state index is -0.258. The molecule has 1 saturated carbocycles. The Bertz CT molecular complexity index is 349. The Morgan fingerprint density at radius 1 is 1.40 bits per heavy atom. The summed E-state index contributed by atoms with van der Waals surface area (Å²) in [5.74, 6) is 0. The monoisotopic (exact) mass is 278 g/mol. The lowest BCUT2D eigenvalue weighted by molar-refractivity contribution is 0.150. The topological polar surface area (TPSA) is 42.3 Å². The van der Waals surface area contributed by atoms with E-state index in [4.69, 9.17) is 0 Å². The molecule has 20 heavy (non-hydrogen) atoms. The van der Waals surface area contributed by atoms with E-state index in [1.165, 1.54) is 25.8 Å². The normalized spacial score (nSPS) is 34.8. The summed E-state index contributed by atoms with van der Waals surface area (Å²) in [6.45, 7) is 5.50. The number of hydrogen-bond donors (Lipinski definition) is 1. The first-order chi connectivity index (χ1) is 9.60. The molecular formula is C16H30N4. The number of likely N-dealkylation sites (N-methyl/N-ethyl adjacent to an activating group) is 1. The van der Waals surface area contributed by atoms with Crippen LogP contribution < -0.4 is 5.32 Å². The van der Waals surface area contributed by atoms with Crippen molar-refractivity contribution >= 4 is 0 Å². The van der Waals surface area contributed by atoms with Crippen LogP contribution in [0.1, 0.15) is 45.4 Å². The molecular weight excluding hydrogens is 248 g/mol. The average molecular weight is 278 g/mol. The molecule has 1 aliphatic heterocycles. The van der Waals surface area contributed by atoms with Crippen molar-refractivity contribution in [1.82, 2.24) is 15.1 Å². The summed E-state index contributed by atoms with van der Waals surface area (Å²) in [4.78, 5) is 4.98. The van der Waals surface area contributed by atoms with Gasteiger partial charge in [0.1, 0.15) is 5.54 Å². The van der Waals surface area contributed by atoms with E-state index in [0.717, 1.165) is 32.4 Å². The van der Waals surface area contributed by atoms with E-state index in [2.05, 4.69) is 42.2 Å². The Morgan fingerprint density at radius 2 is 2.20 bits per heavy atom. The van der Waals surface area contributed by atoms with Gasteiger partial charge in [-0.05, 0) is 65.7 Å². The molecule has 1 heterocycles. The molecule has 4 heteroatoms. The van der Waals surface area contributed by atoms with Crippen molar-refractivity contribution in [3.8, 4) is 6.07 Å². The van der Waals surface area contributed by atoms with Gasteiger partial charge < -0.3 is 4.90 Å². The first kappa shape index (κ1) is 15.8. The second kappa shape index (κ2) is 6.89. The maximum atomic E-state index is 9.58. The molecule has 0 bridgehead atoms. The molecule has 0 spiro atoms. The zero-order chi connectivity index (χ0) is 14.6. The summed E-state index contributed by atoms with van der Waals surface area (Å²) < 4.78 is 0. The Kier molecular flexibility index (Phi) is 5.42. The summed E-state index contributed by atoms with van der Waals surface area (Å²) in [5.41, 5.74) is -0.258. The fourth-order valence-corrected chi connectivity index (χ4v) is 3.92. The zero-order valence-electron chi connectivity index (χ0n) is 13.4. The van der Waals surface area contributed by atoms with E-state index >= 15 is 0 Å². The van der Waals surface area contributed by atoms with Crippen LogP contribution in [0.15, 0.2) is 0 Å². The SMILES string of the molecule is CCCNC1(C#N)CCC(N2CCCC2CN(C)C)C1. The van der Waals surface area contributed by atoms with Gasteiger partial charge in [-0.2, -0.15) is 5.26 Å². The highest BCUT2D eigenvalue weighted by Gasteiger charge is 2.43. The van der Waals surface area contributed by atoms with Crippen molar-refractivity contribution in [1.29, 1.82) is 5.26 Å². The van der Waals surface area contributed by atoms with E-state index in [9.17, 15) is 5.26 Å². The van der Waals surface area contributed by atoms with Gasteiger partial charge in [-0.3, -0.25) is 10.2 Å². The standard InChI is InChI=1S/C16H30N4/c1-4-9-18-16(13-17)8-7-14(11-16)20-10-5-6-15(20)12-19(2)3/h14-15,18H,4-12H2,1-3H3. The fraction of sp³-hybridized carbons (Fsp3) is 0.938. The smallest absolute Gasteiger partial charge is 0.108 e. The van der Waals surface area contributed by atoms with Crippen LogP contribution in [0.4, 0.5) is 0 Å². The minimum Gasteiger partial charge on any atom is -0.308 e. The summed E-state index contributed by atoms with van der Waals surface area (Å²) >= 11 is 0. The Labute approximate surface area is 124 Å². The lowest BCUT2D eigenvalue weighted by Gasteiger charge is -2.33. The predicted octanol–water partition coefficient (Wildman–Crippen LogP) is 1.83. The van der Waals surface area contributed by atoms with Gasteiger partial charge in [0, 0.05) is 18.6 Å². The molecule has 0 aromatic heterocycles. The number of nitriles is 1. The maximum Gasteiger partial charge on any atom is 0.108 e. The van der Waals surface area contributed by atoms with E-state index < -0.39 is 0 Å². The van der Waals surface area contributed by atoms with Crippen LogP contribution >= 0.6 is 0 Å². The van der Waals surface area contributed by atoms with Gasteiger partial charge in [-0.1, -0.05) is 6.92 Å². The molecule has 2 aliphatic rings. The molecule has 3 atom stereocenters. The fourth-order valence-electron chi connectivity index (χ4n) is 3.92. The van der Waals surface area contributed by atoms with Gasteiger partial charge in [0.15, 0.2) is 0 Å². The van der Waals surface area contributed by atoms with Crippen LogP contribution in [-0.2, 0) is 0 Å². The molecule has 2 fully saturated rings. The second-order valence-corrected chi connectivity index (χ2v) is 6.81. The molecule has 2 rings (SSSR count). The highest BCUT2D eigenvalue weighted by molar-refractivity contribution is 5.14. The highest BCUT2D eigenvalue weighted by Crippen LogP contribution is 2.36. The van der Waals surface area contributed by atoms with Crippen molar-refractivity contribution in [3.05, 3.63) is 0 Å². The molecule has 3 unspecified atom stereocenters. The molecule has 114 valence electrons. The second-order valence-electron chi connectivity index (χ2n) is 6.81. The minimum absolute atomic E-state index is 0.258. The zero-order valence-corrected chi connectivity index (χ0v) is 13.4. The third kappa shape index (κ3) is 3.52. The number of nitrogens with one attached hydrogen (secondary N) is 1. The summed E-state index contributed by atoms with van der Waals surface area (Å²) in [7, 11) is 4.32. The molecule has 1 aliphatic carbocycles. The van der Waals surface area contributed by atoms with Gasteiger partial charge in [-0.15, -0.1) is 0 Å². The number of hydrogen-bond acceptors (Lipinski definition) is 4. The molecule has 1 saturated heterocycles. The lowest BCUT2D eigenvalue weighted by Crippen LogP contribution is -2.46. The number of rotatable bonds is 6. The predicted molar refractivity (Wildman–Crippen MR) is 82.6 cm³/mol. The summed E-state index contributed by atoms with van der Waals surface area (Å²) in [6, 6.07) is 3.87. The highest BCUT2D eigenvalue weighted by atomic mass is 15.2. The Morgan fingerprint density at radius 3 is 2.85 bits per heavy atom. The Balaban J connectivity index is 1.95. The van der Waals surface area contributed by atoms with Crippen molar-refractivity contribution in [2.45, 2.75) is 63.1 Å². The first-order valence-electron chi connectivity index (χ1n) is 8.17. The summed E-state index contributed by atoms with van der Waals surface area (Å²) in [5, 5.41) is 13.1. The van der Waals surface area contributed by atoms with Crippen molar-refractivity contribution in [2.75, 3.05) is 33.7 Å². The average Bonchev–Trinajstić information content (AvgIpc) is 3.03. The Hall–Kier alpha value is -0.630. The molecule has 4 nitrogen and oxygen atoms in total. The van der Waals surface area contributed by atoms with Crippen molar-refractivity contribution in [3.63, 3.8) is 0 Å². The van der Waals surface area contributed by atoms with Gasteiger partial charge in [0.25, 0.3) is 0 Å². The third-order valence-electron chi connectivity index (χ3n) is 4.88. The van der Waals surface area contributed by atoms with Crippen LogP contribution in [0, 0.1) is 11.3 Å². The van der Waals surface area contributed by atoms with Gasteiger partial charge in [0.05, 0.1) is 6.07 Å². The molecule has 1 N–H and O–H groups in total. The van der Waals surface area contributed by atoms with E-state index in [1.807, 2.05) is 0 Å². The summed E-state index contributed by atoms with van der Waals surface area (Å²) in [6.07, 6.45) is 6.93. The van der Waals surface area contributed by atoms with Crippen LogP contribution in [0.2, 0.25) is 0 Å². The van der Waals surface area contributed by atoms with Crippen LogP contribution in [0.25, 0.3) is 0 Å². The lowest BCUT2D eigenvalue weighted by atomic mass is 9.99. The molecule has 0 amide bonds. The van der Waals surface area contributed by atoms with Gasteiger partial charge >= 0.3 is 0 Å².